The highest BCUT2D eigenvalue weighted by Crippen LogP contribution is 2.16. The van der Waals surface area contributed by atoms with Crippen LogP contribution in [-0.4, -0.2) is 19.6 Å². The quantitative estimate of drug-likeness (QED) is 0.775. The molecule has 0 aromatic heterocycles. The number of aliphatic hydroxyl groups excluding tert-OH is 1. The van der Waals surface area contributed by atoms with E-state index in [1.807, 2.05) is 6.92 Å². The third kappa shape index (κ3) is 5.73. The number of sulfonamides is 1. The molecule has 0 aliphatic carbocycles. The molecule has 0 fully saturated rings. The second-order valence-corrected chi connectivity index (χ2v) is 7.47. The molecule has 2 N–H and O–H groups in total. The molecule has 0 saturated carbocycles. The summed E-state index contributed by atoms with van der Waals surface area (Å²) in [6, 6.07) is 3.25. The number of halogens is 1. The summed E-state index contributed by atoms with van der Waals surface area (Å²) in [6.07, 6.45) is 2.76. The molecule has 0 bridgehead atoms. The summed E-state index contributed by atoms with van der Waals surface area (Å²) >= 11 is 0. The van der Waals surface area contributed by atoms with Crippen molar-refractivity contribution >= 4 is 10.0 Å². The topological polar surface area (TPSA) is 66.4 Å². The summed E-state index contributed by atoms with van der Waals surface area (Å²) < 4.78 is 40.3. The summed E-state index contributed by atoms with van der Waals surface area (Å²) in [6.45, 7) is 5.54. The number of hydrogen-bond acceptors (Lipinski definition) is 3. The van der Waals surface area contributed by atoms with E-state index in [1.54, 1.807) is 0 Å². The molecule has 0 aliphatic rings. The number of hydrogen-bond donors (Lipinski definition) is 2. The Morgan fingerprint density at radius 1 is 1.24 bits per heavy atom. The van der Waals surface area contributed by atoms with Crippen LogP contribution < -0.4 is 4.72 Å². The first-order valence-electron chi connectivity index (χ1n) is 7.18. The Kier molecular flexibility index (Phi) is 6.77. The first kappa shape index (κ1) is 18.1. The first-order chi connectivity index (χ1) is 9.76. The Hall–Kier alpha value is -0.980. The van der Waals surface area contributed by atoms with Gasteiger partial charge in [0.05, 0.1) is 11.5 Å². The molecule has 0 saturated heterocycles. The van der Waals surface area contributed by atoms with Crippen LogP contribution in [0.2, 0.25) is 0 Å². The van der Waals surface area contributed by atoms with Gasteiger partial charge in [-0.05, 0) is 37.5 Å². The molecule has 21 heavy (non-hydrogen) atoms. The minimum Gasteiger partial charge on any atom is -0.392 e. The van der Waals surface area contributed by atoms with Crippen molar-refractivity contribution in [2.24, 2.45) is 5.92 Å². The summed E-state index contributed by atoms with van der Waals surface area (Å²) in [5.74, 6) is -0.0144. The lowest BCUT2D eigenvalue weighted by Crippen LogP contribution is -2.32. The number of aliphatic hydroxyl groups is 1. The van der Waals surface area contributed by atoms with E-state index in [-0.39, 0.29) is 16.5 Å². The van der Waals surface area contributed by atoms with Crippen molar-refractivity contribution < 1.29 is 17.9 Å². The van der Waals surface area contributed by atoms with Crippen LogP contribution in [0.5, 0.6) is 0 Å². The third-order valence-corrected chi connectivity index (χ3v) is 4.86. The number of nitrogens with one attached hydrogen (secondary N) is 1. The standard InChI is InChI=1S/C15H24FNO3S/c1-11(2)5-4-6-12(3)17-21(19,20)14-7-8-15(16)13(9-14)10-18/h7-9,11-12,17-18H,4-6,10H2,1-3H3. The highest BCUT2D eigenvalue weighted by molar-refractivity contribution is 7.89. The molecule has 0 amide bonds. The van der Waals surface area contributed by atoms with Crippen molar-refractivity contribution in [2.75, 3.05) is 0 Å². The molecule has 0 aliphatic heterocycles. The Balaban J connectivity index is 2.72. The maximum atomic E-state index is 13.3. The van der Waals surface area contributed by atoms with Gasteiger partial charge in [-0.15, -0.1) is 0 Å². The van der Waals surface area contributed by atoms with E-state index in [0.717, 1.165) is 25.3 Å². The predicted molar refractivity (Wildman–Crippen MR) is 80.8 cm³/mol. The SMILES string of the molecule is CC(C)CCCC(C)NS(=O)(=O)c1ccc(F)c(CO)c1. The maximum absolute atomic E-state index is 13.3. The van der Waals surface area contributed by atoms with Crippen molar-refractivity contribution in [2.45, 2.75) is 57.6 Å². The molecule has 1 rings (SSSR count). The molecule has 1 unspecified atom stereocenters. The van der Waals surface area contributed by atoms with Crippen molar-refractivity contribution in [3.8, 4) is 0 Å². The molecule has 6 heteroatoms. The van der Waals surface area contributed by atoms with Crippen LogP contribution in [-0.2, 0) is 16.6 Å². The smallest absolute Gasteiger partial charge is 0.240 e. The lowest BCUT2D eigenvalue weighted by atomic mass is 10.0. The van der Waals surface area contributed by atoms with Crippen molar-refractivity contribution in [3.05, 3.63) is 29.6 Å². The fraction of sp³-hybridized carbons (Fsp3) is 0.600. The van der Waals surface area contributed by atoms with E-state index in [4.69, 9.17) is 5.11 Å². The van der Waals surface area contributed by atoms with Gasteiger partial charge in [-0.3, -0.25) is 0 Å². The van der Waals surface area contributed by atoms with Gasteiger partial charge in [0.25, 0.3) is 0 Å². The van der Waals surface area contributed by atoms with Gasteiger partial charge in [-0.1, -0.05) is 26.7 Å². The van der Waals surface area contributed by atoms with E-state index < -0.39 is 22.4 Å². The van der Waals surface area contributed by atoms with Crippen LogP contribution in [0.15, 0.2) is 23.1 Å². The van der Waals surface area contributed by atoms with Gasteiger partial charge in [0.2, 0.25) is 10.0 Å². The van der Waals surface area contributed by atoms with Gasteiger partial charge < -0.3 is 5.11 Å². The fourth-order valence-electron chi connectivity index (χ4n) is 2.06. The monoisotopic (exact) mass is 317 g/mol. The largest absolute Gasteiger partial charge is 0.392 e. The molecule has 1 aromatic carbocycles. The zero-order valence-corrected chi connectivity index (χ0v) is 13.6. The second kappa shape index (κ2) is 7.87. The summed E-state index contributed by atoms with van der Waals surface area (Å²) in [5, 5.41) is 9.00. The lowest BCUT2D eigenvalue weighted by molar-refractivity contribution is 0.275. The lowest BCUT2D eigenvalue weighted by Gasteiger charge is -2.15. The second-order valence-electron chi connectivity index (χ2n) is 5.76. The molecule has 1 atom stereocenters. The molecule has 1 aromatic rings. The van der Waals surface area contributed by atoms with Gasteiger partial charge in [0.1, 0.15) is 5.82 Å². The molecule has 0 spiro atoms. The van der Waals surface area contributed by atoms with Crippen molar-refractivity contribution in [1.29, 1.82) is 0 Å². The highest BCUT2D eigenvalue weighted by Gasteiger charge is 2.18. The number of benzene rings is 1. The Morgan fingerprint density at radius 2 is 1.90 bits per heavy atom. The van der Waals surface area contributed by atoms with Crippen LogP contribution in [0.1, 0.15) is 45.6 Å². The molecule has 4 nitrogen and oxygen atoms in total. The van der Waals surface area contributed by atoms with Crippen molar-refractivity contribution in [3.63, 3.8) is 0 Å². The molecular formula is C15H24FNO3S. The molecule has 120 valence electrons. The normalized spacial score (nSPS) is 13.6. The maximum Gasteiger partial charge on any atom is 0.240 e. The Labute approximate surface area is 126 Å². The molecule has 0 radical (unpaired) electrons. The molecule has 0 heterocycles. The molecular weight excluding hydrogens is 293 g/mol. The Morgan fingerprint density at radius 3 is 2.48 bits per heavy atom. The van der Waals surface area contributed by atoms with Gasteiger partial charge >= 0.3 is 0 Å². The van der Waals surface area contributed by atoms with Crippen LogP contribution >= 0.6 is 0 Å². The predicted octanol–water partition coefficient (Wildman–Crippen LogP) is 2.81. The van der Waals surface area contributed by atoms with Gasteiger partial charge in [-0.25, -0.2) is 17.5 Å². The van der Waals surface area contributed by atoms with Crippen LogP contribution in [0.25, 0.3) is 0 Å². The summed E-state index contributed by atoms with van der Waals surface area (Å²) in [7, 11) is -3.69. The average Bonchev–Trinajstić information content (AvgIpc) is 2.37. The fourth-order valence-corrected chi connectivity index (χ4v) is 3.39. The highest BCUT2D eigenvalue weighted by atomic mass is 32.2. The van der Waals surface area contributed by atoms with Gasteiger partial charge in [0, 0.05) is 11.6 Å². The van der Waals surface area contributed by atoms with Crippen molar-refractivity contribution in [1.82, 2.24) is 4.72 Å². The summed E-state index contributed by atoms with van der Waals surface area (Å²) in [5.41, 5.74) is -0.0228. The zero-order chi connectivity index (χ0) is 16.0. The van der Waals surface area contributed by atoms with E-state index in [9.17, 15) is 12.8 Å². The first-order valence-corrected chi connectivity index (χ1v) is 8.66. The van der Waals surface area contributed by atoms with Gasteiger partial charge in [-0.2, -0.15) is 0 Å². The number of rotatable bonds is 8. The van der Waals surface area contributed by atoms with E-state index in [2.05, 4.69) is 18.6 Å². The van der Waals surface area contributed by atoms with E-state index in [0.29, 0.717) is 5.92 Å². The minimum absolute atomic E-state index is 0.0228. The van der Waals surface area contributed by atoms with Crippen LogP contribution in [0.3, 0.4) is 0 Å². The van der Waals surface area contributed by atoms with Crippen LogP contribution in [0, 0.1) is 11.7 Å². The minimum atomic E-state index is -3.69. The van der Waals surface area contributed by atoms with E-state index >= 15 is 0 Å². The van der Waals surface area contributed by atoms with Gasteiger partial charge in [0.15, 0.2) is 0 Å². The average molecular weight is 317 g/mol. The Bertz CT molecular complexity index is 558. The van der Waals surface area contributed by atoms with E-state index in [1.165, 1.54) is 12.1 Å². The summed E-state index contributed by atoms with van der Waals surface area (Å²) in [4.78, 5) is -0.0244. The zero-order valence-electron chi connectivity index (χ0n) is 12.8. The third-order valence-electron chi connectivity index (χ3n) is 3.27. The van der Waals surface area contributed by atoms with Crippen LogP contribution in [0.4, 0.5) is 4.39 Å².